The quantitative estimate of drug-likeness (QED) is 0.309. The van der Waals surface area contributed by atoms with E-state index in [-0.39, 0.29) is 24.0 Å². The van der Waals surface area contributed by atoms with E-state index < -0.39 is 19.9 Å². The number of nitrogens with zero attached hydrogens (tertiary/aromatic N) is 4. The van der Waals surface area contributed by atoms with Gasteiger partial charge in [0.15, 0.2) is 6.54 Å². The largest absolute Gasteiger partial charge is 0.465 e. The minimum Gasteiger partial charge on any atom is -0.465 e. The van der Waals surface area contributed by atoms with Gasteiger partial charge in [-0.1, -0.05) is 18.7 Å². The third-order valence-electron chi connectivity index (χ3n) is 5.00. The molecule has 9 heteroatoms. The van der Waals surface area contributed by atoms with E-state index in [0.29, 0.717) is 6.54 Å². The summed E-state index contributed by atoms with van der Waals surface area (Å²) in [4.78, 5) is 20.2. The topological polar surface area (TPSA) is 91.1 Å². The number of carbonyl (C=O) groups is 1. The number of imidazole rings is 1. The Labute approximate surface area is 177 Å². The molecular weight excluding hydrogens is 404 g/mol. The number of sulfonamides is 1. The molecule has 0 aliphatic carbocycles. The number of benzene rings is 1. The summed E-state index contributed by atoms with van der Waals surface area (Å²) in [6.07, 6.45) is 4.80. The van der Waals surface area contributed by atoms with Crippen molar-refractivity contribution in [1.82, 2.24) is 14.5 Å². The molecule has 1 aromatic carbocycles. The van der Waals surface area contributed by atoms with E-state index in [1.54, 1.807) is 18.5 Å². The number of ether oxygens (including phenoxy) is 1. The molecule has 2 aromatic heterocycles. The second kappa shape index (κ2) is 8.37. The number of hydrogen-bond donors (Lipinski definition) is 0. The minimum absolute atomic E-state index is 0.00706. The number of quaternary nitrogens is 1. The summed E-state index contributed by atoms with van der Waals surface area (Å²) in [7, 11) is -1.45. The van der Waals surface area contributed by atoms with Gasteiger partial charge in [-0.2, -0.15) is 8.42 Å². The van der Waals surface area contributed by atoms with E-state index in [0.717, 1.165) is 22.4 Å². The van der Waals surface area contributed by atoms with Crippen LogP contribution < -0.4 is 0 Å². The smallest absolute Gasteiger partial charge is 0.362 e. The van der Waals surface area contributed by atoms with Crippen LogP contribution in [-0.2, 0) is 26.1 Å². The molecule has 0 saturated carbocycles. The van der Waals surface area contributed by atoms with Crippen molar-refractivity contribution in [3.8, 4) is 0 Å². The van der Waals surface area contributed by atoms with Gasteiger partial charge in [-0.3, -0.25) is 4.98 Å². The molecule has 2 heterocycles. The zero-order valence-corrected chi connectivity index (χ0v) is 18.0. The van der Waals surface area contributed by atoms with Crippen LogP contribution in [0.2, 0.25) is 0 Å². The number of carbonyl (C=O) groups excluding carboxylic acids is 1. The molecule has 1 atom stereocenters. The summed E-state index contributed by atoms with van der Waals surface area (Å²) in [5.41, 5.74) is 2.43. The second-order valence-corrected chi connectivity index (χ2v) is 9.42. The molecule has 0 fully saturated rings. The van der Waals surface area contributed by atoms with Gasteiger partial charge in [0.25, 0.3) is 0 Å². The molecule has 0 aliphatic rings. The van der Waals surface area contributed by atoms with Crippen molar-refractivity contribution in [2.24, 2.45) is 0 Å². The molecule has 0 saturated heterocycles. The fraction of sp³-hybridized carbons (Fsp3) is 0.286. The highest BCUT2D eigenvalue weighted by Gasteiger charge is 2.40. The Balaban J connectivity index is 1.98. The summed E-state index contributed by atoms with van der Waals surface area (Å²) in [5.74, 6) is 0.132. The summed E-state index contributed by atoms with van der Waals surface area (Å²) in [5, 5.41) is 0. The van der Waals surface area contributed by atoms with E-state index in [4.69, 9.17) is 1.37 Å². The second-order valence-electron chi connectivity index (χ2n) is 7.15. The molecule has 158 valence electrons. The fourth-order valence-electron chi connectivity index (χ4n) is 3.28. The van der Waals surface area contributed by atoms with Gasteiger partial charge in [-0.15, -0.1) is 0 Å². The summed E-state index contributed by atoms with van der Waals surface area (Å²) in [6, 6.07) is 6.34. The Bertz CT molecular complexity index is 1260. The minimum atomic E-state index is -4.07. The van der Waals surface area contributed by atoms with Gasteiger partial charge in [-0.05, 0) is 36.7 Å². The van der Waals surface area contributed by atoms with Gasteiger partial charge in [-0.25, -0.2) is 13.7 Å². The molecule has 0 N–H and O–H groups in total. The van der Waals surface area contributed by atoms with E-state index in [1.807, 2.05) is 17.6 Å². The molecule has 0 bridgehead atoms. The predicted molar refractivity (Wildman–Crippen MR) is 113 cm³/mol. The number of esters is 1. The maximum absolute atomic E-state index is 13.3. The number of likely N-dealkylation sites (N-methyl/N-ethyl adjacent to an activating group) is 1. The molecular formula is C21H25N4O4S+. The number of methoxy groups -OCH3 is 1. The van der Waals surface area contributed by atoms with E-state index in [9.17, 15) is 13.2 Å². The lowest BCUT2D eigenvalue weighted by molar-refractivity contribution is -0.770. The molecule has 0 amide bonds. The third-order valence-corrected chi connectivity index (χ3v) is 7.24. The molecule has 30 heavy (non-hydrogen) atoms. The third kappa shape index (κ3) is 3.99. The number of pyridine rings is 1. The van der Waals surface area contributed by atoms with E-state index in [2.05, 4.69) is 21.3 Å². The van der Waals surface area contributed by atoms with Crippen molar-refractivity contribution in [3.05, 3.63) is 66.7 Å². The van der Waals surface area contributed by atoms with Crippen molar-refractivity contribution in [2.45, 2.75) is 18.4 Å². The van der Waals surface area contributed by atoms with Gasteiger partial charge in [0, 0.05) is 12.7 Å². The van der Waals surface area contributed by atoms with Crippen LogP contribution in [0.15, 0.2) is 60.3 Å². The summed E-state index contributed by atoms with van der Waals surface area (Å²) >= 11 is 0. The molecule has 1 unspecified atom stereocenters. The SMILES string of the molecule is [2H]c1cc(Cn2c(C)nc3cnccc32)ccc1S(=O)(=O)[N+](C)(CC=C)CC(=O)OC. The van der Waals surface area contributed by atoms with Crippen LogP contribution in [0.1, 0.15) is 12.8 Å². The summed E-state index contributed by atoms with van der Waals surface area (Å²) < 4.78 is 41.1. The van der Waals surface area contributed by atoms with E-state index in [1.165, 1.54) is 32.4 Å². The van der Waals surface area contributed by atoms with Crippen molar-refractivity contribution >= 4 is 27.0 Å². The van der Waals surface area contributed by atoms with Crippen LogP contribution >= 0.6 is 0 Å². The average Bonchev–Trinajstić information content (AvgIpc) is 3.03. The van der Waals surface area contributed by atoms with E-state index >= 15 is 0 Å². The fourth-order valence-corrected chi connectivity index (χ4v) is 4.78. The first-order valence-corrected chi connectivity index (χ1v) is 10.7. The van der Waals surface area contributed by atoms with Crippen molar-refractivity contribution in [2.75, 3.05) is 27.2 Å². The van der Waals surface area contributed by atoms with Gasteiger partial charge in [0.1, 0.15) is 22.8 Å². The Hall–Kier alpha value is -3.04. The number of aromatic nitrogens is 3. The lowest BCUT2D eigenvalue weighted by Gasteiger charge is -2.30. The number of rotatable bonds is 8. The standard InChI is InChI=1S/C21H25N4O4S/c1-5-12-25(3,15-21(26)29-4)30(27,28)18-8-6-17(7-9-18)14-24-16(2)23-19-13-22-11-10-20(19)24/h5-11,13H,1,12,14-15H2,2-4H3/q+1/i8D. The lowest BCUT2D eigenvalue weighted by atomic mass is 10.2. The van der Waals surface area contributed by atoms with Crippen LogP contribution in [0.3, 0.4) is 0 Å². The zero-order valence-electron chi connectivity index (χ0n) is 18.2. The van der Waals surface area contributed by atoms with Crippen LogP contribution in [0.4, 0.5) is 0 Å². The van der Waals surface area contributed by atoms with Crippen LogP contribution in [-0.4, -0.2) is 60.1 Å². The van der Waals surface area contributed by atoms with Crippen molar-refractivity contribution < 1.29 is 23.2 Å². The number of hydrogen-bond acceptors (Lipinski definition) is 6. The Morgan fingerprint density at radius 1 is 1.37 bits per heavy atom. The Morgan fingerprint density at radius 2 is 2.13 bits per heavy atom. The first-order valence-electron chi connectivity index (χ1n) is 9.77. The lowest BCUT2D eigenvalue weighted by Crippen LogP contribution is -2.52. The first kappa shape index (κ1) is 20.2. The summed E-state index contributed by atoms with van der Waals surface area (Å²) in [6.45, 7) is 5.52. The van der Waals surface area contributed by atoms with Crippen molar-refractivity contribution in [3.63, 3.8) is 0 Å². The monoisotopic (exact) mass is 430 g/mol. The van der Waals surface area contributed by atoms with Gasteiger partial charge in [0.05, 0.1) is 27.2 Å². The Kier molecular flexibility index (Phi) is 5.65. The number of aryl methyl sites for hydroxylation is 1. The van der Waals surface area contributed by atoms with Crippen LogP contribution in [0, 0.1) is 6.92 Å². The van der Waals surface area contributed by atoms with Gasteiger partial charge in [0.2, 0.25) is 0 Å². The molecule has 8 nitrogen and oxygen atoms in total. The molecule has 0 radical (unpaired) electrons. The zero-order chi connectivity index (χ0) is 22.8. The first-order chi connectivity index (χ1) is 14.6. The van der Waals surface area contributed by atoms with Gasteiger partial charge < -0.3 is 9.30 Å². The molecule has 0 spiro atoms. The average molecular weight is 431 g/mol. The molecule has 3 rings (SSSR count). The highest BCUT2D eigenvalue weighted by molar-refractivity contribution is 7.86. The molecule has 3 aromatic rings. The Morgan fingerprint density at radius 3 is 2.80 bits per heavy atom. The molecule has 0 aliphatic heterocycles. The highest BCUT2D eigenvalue weighted by atomic mass is 32.2. The highest BCUT2D eigenvalue weighted by Crippen LogP contribution is 2.24. The maximum Gasteiger partial charge on any atom is 0.362 e. The normalized spacial score (nSPS) is 14.2. The predicted octanol–water partition coefficient (Wildman–Crippen LogP) is 2.28. The van der Waals surface area contributed by atoms with Crippen LogP contribution in [0.5, 0.6) is 0 Å². The van der Waals surface area contributed by atoms with Crippen LogP contribution in [0.25, 0.3) is 11.0 Å². The maximum atomic E-state index is 13.3. The van der Waals surface area contributed by atoms with Gasteiger partial charge >= 0.3 is 16.0 Å². The van der Waals surface area contributed by atoms with Crippen molar-refractivity contribution in [1.29, 1.82) is 0 Å². The number of fused-ring (bicyclic) bond motifs is 1.